The Kier molecular flexibility index (Phi) is 5.17. The number of nitrogens with two attached hydrogens (primary N) is 1. The SMILES string of the molecule is C[C@@H]1OCC2(CCN(c3ncc(Sc4ccnc5c4OCC4(CCC4)N5C)c4nccn34)CC2)[C@@H]1N. The molecule has 3 aliphatic heterocycles. The van der Waals surface area contributed by atoms with Crippen molar-refractivity contribution in [1.29, 1.82) is 0 Å². The Bertz CT molecular complexity index is 1300. The molecule has 9 nitrogen and oxygen atoms in total. The van der Waals surface area contributed by atoms with Crippen LogP contribution >= 0.6 is 11.8 Å². The number of hydrogen-bond donors (Lipinski definition) is 1. The van der Waals surface area contributed by atoms with Crippen LogP contribution in [0, 0.1) is 5.41 Å². The van der Waals surface area contributed by atoms with Gasteiger partial charge in [0.05, 0.1) is 28.0 Å². The summed E-state index contributed by atoms with van der Waals surface area (Å²) in [6.07, 6.45) is 13.4. The molecule has 0 bridgehead atoms. The van der Waals surface area contributed by atoms with Crippen molar-refractivity contribution in [2.45, 2.75) is 66.5 Å². The first-order valence-corrected chi connectivity index (χ1v) is 13.8. The van der Waals surface area contributed by atoms with Gasteiger partial charge < -0.3 is 25.0 Å². The maximum Gasteiger partial charge on any atom is 0.211 e. The zero-order chi connectivity index (χ0) is 24.5. The summed E-state index contributed by atoms with van der Waals surface area (Å²) in [5.74, 6) is 2.73. The number of aromatic nitrogens is 4. The largest absolute Gasteiger partial charge is 0.486 e. The highest BCUT2D eigenvalue weighted by molar-refractivity contribution is 7.99. The predicted octanol–water partition coefficient (Wildman–Crippen LogP) is 3.36. The van der Waals surface area contributed by atoms with Gasteiger partial charge in [-0.15, -0.1) is 0 Å². The fourth-order valence-electron chi connectivity index (χ4n) is 6.40. The third-order valence-corrected chi connectivity index (χ3v) is 10.2. The van der Waals surface area contributed by atoms with Crippen LogP contribution in [0.4, 0.5) is 11.8 Å². The van der Waals surface area contributed by atoms with Crippen LogP contribution in [-0.2, 0) is 4.74 Å². The summed E-state index contributed by atoms with van der Waals surface area (Å²) < 4.78 is 14.3. The number of piperidine rings is 1. The van der Waals surface area contributed by atoms with Gasteiger partial charge in [0.2, 0.25) is 5.95 Å². The zero-order valence-corrected chi connectivity index (χ0v) is 21.7. The van der Waals surface area contributed by atoms with E-state index in [4.69, 9.17) is 25.2 Å². The smallest absolute Gasteiger partial charge is 0.211 e. The Hall–Kier alpha value is -2.56. The lowest BCUT2D eigenvalue weighted by Gasteiger charge is -2.51. The molecule has 3 aromatic heterocycles. The van der Waals surface area contributed by atoms with E-state index in [0.29, 0.717) is 0 Å². The van der Waals surface area contributed by atoms with Gasteiger partial charge in [-0.05, 0) is 45.1 Å². The van der Waals surface area contributed by atoms with Crippen LogP contribution in [0.1, 0.15) is 39.0 Å². The molecule has 0 radical (unpaired) electrons. The predicted molar refractivity (Wildman–Crippen MR) is 139 cm³/mol. The van der Waals surface area contributed by atoms with Crippen LogP contribution < -0.4 is 20.3 Å². The minimum atomic E-state index is 0.0887. The summed E-state index contributed by atoms with van der Waals surface area (Å²) in [6, 6.07) is 2.13. The standard InChI is InChI=1S/C26H33N7O2S/c1-17-21(27)25(15-34-17)7-11-32(12-8-25)24-30-14-19(22-29-10-13-33(22)24)36-18-4-9-28-23-20(18)35-16-26(31(23)2)5-3-6-26/h4,9-10,13-14,17,21H,3,5-8,11-12,15-16,27H2,1-2H3/t17-,21+/m0/s1. The molecule has 2 spiro atoms. The molecule has 36 heavy (non-hydrogen) atoms. The molecule has 2 atom stereocenters. The minimum absolute atomic E-state index is 0.0887. The Morgan fingerprint density at radius 1 is 1.06 bits per heavy atom. The lowest BCUT2D eigenvalue weighted by molar-refractivity contribution is 0.0973. The van der Waals surface area contributed by atoms with E-state index in [2.05, 4.69) is 33.2 Å². The van der Waals surface area contributed by atoms with E-state index in [0.717, 1.165) is 84.9 Å². The molecule has 190 valence electrons. The van der Waals surface area contributed by atoms with Gasteiger partial charge in [0.15, 0.2) is 17.2 Å². The van der Waals surface area contributed by atoms with E-state index in [-0.39, 0.29) is 23.1 Å². The van der Waals surface area contributed by atoms with Crippen molar-refractivity contribution in [3.63, 3.8) is 0 Å². The van der Waals surface area contributed by atoms with Crippen molar-refractivity contribution in [2.24, 2.45) is 11.1 Å². The molecule has 6 heterocycles. The number of anilines is 2. The molecule has 2 N–H and O–H groups in total. The highest BCUT2D eigenvalue weighted by Gasteiger charge is 2.48. The van der Waals surface area contributed by atoms with Crippen LogP contribution in [0.2, 0.25) is 0 Å². The Balaban J connectivity index is 1.15. The number of fused-ring (bicyclic) bond motifs is 2. The summed E-state index contributed by atoms with van der Waals surface area (Å²) in [6.45, 7) is 5.40. The third-order valence-electron chi connectivity index (χ3n) is 9.13. The van der Waals surface area contributed by atoms with E-state index in [1.54, 1.807) is 11.8 Å². The van der Waals surface area contributed by atoms with Gasteiger partial charge in [-0.25, -0.2) is 15.0 Å². The summed E-state index contributed by atoms with van der Waals surface area (Å²) in [4.78, 5) is 21.0. The number of ether oxygens (including phenoxy) is 2. The number of hydrogen-bond acceptors (Lipinski definition) is 9. The first-order chi connectivity index (χ1) is 17.5. The summed E-state index contributed by atoms with van der Waals surface area (Å²) in [7, 11) is 2.15. The molecule has 0 amide bonds. The average Bonchev–Trinajstić information content (AvgIpc) is 3.47. The molecular formula is C26H33N7O2S. The highest BCUT2D eigenvalue weighted by atomic mass is 32.2. The van der Waals surface area contributed by atoms with Crippen molar-refractivity contribution in [3.8, 4) is 5.75 Å². The Morgan fingerprint density at radius 2 is 1.89 bits per heavy atom. The van der Waals surface area contributed by atoms with E-state index in [1.165, 1.54) is 6.42 Å². The molecular weight excluding hydrogens is 474 g/mol. The number of likely N-dealkylation sites (N-methyl/N-ethyl adjacent to an activating group) is 1. The average molecular weight is 508 g/mol. The molecule has 1 aliphatic carbocycles. The van der Waals surface area contributed by atoms with Crippen LogP contribution in [0.3, 0.4) is 0 Å². The van der Waals surface area contributed by atoms with Gasteiger partial charge in [0.25, 0.3) is 0 Å². The monoisotopic (exact) mass is 507 g/mol. The maximum atomic E-state index is 6.53. The first-order valence-electron chi connectivity index (χ1n) is 13.0. The topological polar surface area (TPSA) is 94.0 Å². The fourth-order valence-corrected chi connectivity index (χ4v) is 7.36. The zero-order valence-electron chi connectivity index (χ0n) is 20.9. The van der Waals surface area contributed by atoms with Crippen molar-refractivity contribution in [1.82, 2.24) is 19.4 Å². The fraction of sp³-hybridized carbons (Fsp3) is 0.577. The molecule has 3 fully saturated rings. The summed E-state index contributed by atoms with van der Waals surface area (Å²) in [5, 5.41) is 0. The molecule has 3 aromatic rings. The van der Waals surface area contributed by atoms with E-state index < -0.39 is 0 Å². The number of imidazole rings is 1. The van der Waals surface area contributed by atoms with Gasteiger partial charge in [-0.2, -0.15) is 0 Å². The molecule has 1 saturated carbocycles. The van der Waals surface area contributed by atoms with E-state index in [1.807, 2.05) is 30.9 Å². The van der Waals surface area contributed by atoms with Gasteiger partial charge in [0, 0.05) is 56.4 Å². The van der Waals surface area contributed by atoms with Crippen molar-refractivity contribution in [3.05, 3.63) is 30.9 Å². The van der Waals surface area contributed by atoms with Crippen LogP contribution in [0.5, 0.6) is 5.75 Å². The molecule has 2 saturated heterocycles. The highest BCUT2D eigenvalue weighted by Crippen LogP contribution is 2.49. The maximum absolute atomic E-state index is 6.53. The van der Waals surface area contributed by atoms with Crippen molar-refractivity contribution in [2.75, 3.05) is 43.2 Å². The number of rotatable bonds is 3. The lowest BCUT2D eigenvalue weighted by Crippen LogP contribution is -2.58. The molecule has 10 heteroatoms. The van der Waals surface area contributed by atoms with E-state index >= 15 is 0 Å². The first kappa shape index (κ1) is 22.6. The Morgan fingerprint density at radius 3 is 2.61 bits per heavy atom. The number of nitrogens with zero attached hydrogens (tertiary/aromatic N) is 6. The van der Waals surface area contributed by atoms with Crippen molar-refractivity contribution < 1.29 is 9.47 Å². The lowest BCUT2D eigenvalue weighted by atomic mass is 9.73. The Labute approximate surface area is 215 Å². The van der Waals surface area contributed by atoms with Gasteiger partial charge in [-0.3, -0.25) is 4.40 Å². The van der Waals surface area contributed by atoms with Crippen LogP contribution in [-0.4, -0.2) is 70.4 Å². The second kappa shape index (κ2) is 8.22. The van der Waals surface area contributed by atoms with Crippen LogP contribution in [0.15, 0.2) is 40.6 Å². The second-order valence-electron chi connectivity index (χ2n) is 10.9. The van der Waals surface area contributed by atoms with Gasteiger partial charge in [-0.1, -0.05) is 11.8 Å². The number of pyridine rings is 1. The van der Waals surface area contributed by atoms with Crippen LogP contribution in [0.25, 0.3) is 5.65 Å². The van der Waals surface area contributed by atoms with Crippen molar-refractivity contribution >= 4 is 29.2 Å². The van der Waals surface area contributed by atoms with Gasteiger partial charge >= 0.3 is 0 Å². The second-order valence-corrected chi connectivity index (χ2v) is 12.0. The quantitative estimate of drug-likeness (QED) is 0.573. The molecule has 4 aliphatic rings. The van der Waals surface area contributed by atoms with Gasteiger partial charge in [0.1, 0.15) is 6.61 Å². The molecule has 0 aromatic carbocycles. The molecule has 7 rings (SSSR count). The summed E-state index contributed by atoms with van der Waals surface area (Å²) in [5.41, 5.74) is 7.64. The molecule has 0 unspecified atom stereocenters. The normalized spacial score (nSPS) is 26.3. The third kappa shape index (κ3) is 3.27. The van der Waals surface area contributed by atoms with E-state index in [9.17, 15) is 0 Å². The summed E-state index contributed by atoms with van der Waals surface area (Å²) >= 11 is 1.65. The minimum Gasteiger partial charge on any atom is -0.486 e.